The summed E-state index contributed by atoms with van der Waals surface area (Å²) in [5.74, 6) is 0.506. The molecule has 0 aromatic heterocycles. The maximum atomic E-state index is 12.7. The standard InChI is InChI=1S/C29H26N2O4/c1-34-26-15-9-8-14-25(26)29(33)30-23-16-18-24(19-17-23)35-20-27(32)31-28(21-10-4-2-5-11-21)22-12-6-3-7-13-22/h2-19,28H,20H2,1H3,(H,30,33)(H,31,32). The van der Waals surface area contributed by atoms with Crippen LogP contribution >= 0.6 is 0 Å². The van der Waals surface area contributed by atoms with E-state index >= 15 is 0 Å². The van der Waals surface area contributed by atoms with E-state index in [1.54, 1.807) is 48.5 Å². The highest BCUT2D eigenvalue weighted by atomic mass is 16.5. The highest BCUT2D eigenvalue weighted by Gasteiger charge is 2.17. The Bertz CT molecular complexity index is 1220. The first-order valence-corrected chi connectivity index (χ1v) is 11.2. The van der Waals surface area contributed by atoms with Crippen molar-refractivity contribution in [2.75, 3.05) is 19.0 Å². The van der Waals surface area contributed by atoms with Crippen molar-refractivity contribution < 1.29 is 19.1 Å². The third-order valence-electron chi connectivity index (χ3n) is 5.40. The van der Waals surface area contributed by atoms with Crippen molar-refractivity contribution in [2.24, 2.45) is 0 Å². The molecule has 0 radical (unpaired) electrons. The van der Waals surface area contributed by atoms with Gasteiger partial charge in [-0.05, 0) is 47.5 Å². The van der Waals surface area contributed by atoms with Crippen molar-refractivity contribution in [3.8, 4) is 11.5 Å². The molecule has 35 heavy (non-hydrogen) atoms. The van der Waals surface area contributed by atoms with Gasteiger partial charge >= 0.3 is 0 Å². The van der Waals surface area contributed by atoms with E-state index < -0.39 is 0 Å². The SMILES string of the molecule is COc1ccccc1C(=O)Nc1ccc(OCC(=O)NC(c2ccccc2)c2ccccc2)cc1. The van der Waals surface area contributed by atoms with Crippen molar-refractivity contribution in [3.05, 3.63) is 126 Å². The van der Waals surface area contributed by atoms with Crippen LogP contribution < -0.4 is 20.1 Å². The molecule has 0 aliphatic carbocycles. The number of rotatable bonds is 9. The van der Waals surface area contributed by atoms with Crippen molar-refractivity contribution >= 4 is 17.5 Å². The molecule has 2 amide bonds. The Labute approximate surface area is 204 Å². The molecule has 6 heteroatoms. The summed E-state index contributed by atoms with van der Waals surface area (Å²) in [7, 11) is 1.52. The number of anilines is 1. The Morgan fingerprint density at radius 2 is 1.31 bits per heavy atom. The minimum atomic E-state index is -0.277. The first-order chi connectivity index (χ1) is 17.1. The number of nitrogens with one attached hydrogen (secondary N) is 2. The molecule has 4 rings (SSSR count). The van der Waals surface area contributed by atoms with Crippen LogP contribution in [0.3, 0.4) is 0 Å². The molecule has 0 fully saturated rings. The van der Waals surface area contributed by atoms with E-state index in [0.717, 1.165) is 11.1 Å². The van der Waals surface area contributed by atoms with Crippen LogP contribution in [-0.4, -0.2) is 25.5 Å². The second-order valence-corrected chi connectivity index (χ2v) is 7.79. The van der Waals surface area contributed by atoms with E-state index in [2.05, 4.69) is 10.6 Å². The predicted molar refractivity (Wildman–Crippen MR) is 136 cm³/mol. The molecule has 0 aliphatic rings. The maximum Gasteiger partial charge on any atom is 0.259 e. The van der Waals surface area contributed by atoms with E-state index in [-0.39, 0.29) is 24.5 Å². The van der Waals surface area contributed by atoms with Gasteiger partial charge in [-0.3, -0.25) is 9.59 Å². The number of carbonyl (C=O) groups is 2. The van der Waals surface area contributed by atoms with Gasteiger partial charge in [-0.15, -0.1) is 0 Å². The summed E-state index contributed by atoms with van der Waals surface area (Å²) < 4.78 is 10.9. The minimum Gasteiger partial charge on any atom is -0.496 e. The minimum absolute atomic E-state index is 0.136. The van der Waals surface area contributed by atoms with Crippen LogP contribution in [0.5, 0.6) is 11.5 Å². The van der Waals surface area contributed by atoms with Crippen LogP contribution in [0.2, 0.25) is 0 Å². The van der Waals surface area contributed by atoms with Gasteiger partial charge in [0.15, 0.2) is 6.61 Å². The van der Waals surface area contributed by atoms with E-state index in [0.29, 0.717) is 22.7 Å². The molecule has 6 nitrogen and oxygen atoms in total. The van der Waals surface area contributed by atoms with Gasteiger partial charge in [0.1, 0.15) is 11.5 Å². The van der Waals surface area contributed by atoms with E-state index in [9.17, 15) is 9.59 Å². The van der Waals surface area contributed by atoms with E-state index in [1.807, 2.05) is 60.7 Å². The number of amides is 2. The number of para-hydroxylation sites is 1. The number of hydrogen-bond acceptors (Lipinski definition) is 4. The fourth-order valence-corrected chi connectivity index (χ4v) is 3.67. The molecule has 4 aromatic carbocycles. The largest absolute Gasteiger partial charge is 0.496 e. The zero-order valence-corrected chi connectivity index (χ0v) is 19.3. The molecule has 0 aliphatic heterocycles. The fourth-order valence-electron chi connectivity index (χ4n) is 3.67. The number of ether oxygens (including phenoxy) is 2. The molecule has 2 N–H and O–H groups in total. The summed E-state index contributed by atoms with van der Waals surface area (Å²) in [6.45, 7) is -0.136. The summed E-state index contributed by atoms with van der Waals surface area (Å²) in [5.41, 5.74) is 3.02. The first kappa shape index (κ1) is 23.6. The highest BCUT2D eigenvalue weighted by molar-refractivity contribution is 6.06. The van der Waals surface area contributed by atoms with Gasteiger partial charge in [0, 0.05) is 5.69 Å². The molecule has 0 heterocycles. The average Bonchev–Trinajstić information content (AvgIpc) is 2.92. The molecule has 0 bridgehead atoms. The third kappa shape index (κ3) is 6.26. The lowest BCUT2D eigenvalue weighted by Gasteiger charge is -2.20. The number of hydrogen-bond donors (Lipinski definition) is 2. The topological polar surface area (TPSA) is 76.7 Å². The van der Waals surface area contributed by atoms with Crippen LogP contribution in [0.25, 0.3) is 0 Å². The van der Waals surface area contributed by atoms with Crippen molar-refractivity contribution in [1.29, 1.82) is 0 Å². The second kappa shape index (κ2) is 11.5. The van der Waals surface area contributed by atoms with Crippen LogP contribution in [0, 0.1) is 0 Å². The zero-order chi connectivity index (χ0) is 24.5. The molecule has 0 spiro atoms. The molecule has 0 saturated carbocycles. The van der Waals surface area contributed by atoms with Crippen molar-refractivity contribution in [2.45, 2.75) is 6.04 Å². The van der Waals surface area contributed by atoms with Gasteiger partial charge in [-0.25, -0.2) is 0 Å². The summed E-state index contributed by atoms with van der Waals surface area (Å²) in [4.78, 5) is 25.3. The lowest BCUT2D eigenvalue weighted by atomic mass is 9.99. The lowest BCUT2D eigenvalue weighted by Crippen LogP contribution is -2.33. The number of methoxy groups -OCH3 is 1. The first-order valence-electron chi connectivity index (χ1n) is 11.2. The maximum absolute atomic E-state index is 12.7. The Morgan fingerprint density at radius 3 is 1.91 bits per heavy atom. The fraction of sp³-hybridized carbons (Fsp3) is 0.103. The molecule has 0 unspecified atom stereocenters. The smallest absolute Gasteiger partial charge is 0.259 e. The quantitative estimate of drug-likeness (QED) is 0.354. The van der Waals surface area contributed by atoms with Crippen LogP contribution in [0.1, 0.15) is 27.5 Å². The molecule has 0 atom stereocenters. The summed E-state index contributed by atoms with van der Waals surface area (Å²) >= 11 is 0. The van der Waals surface area contributed by atoms with Gasteiger partial charge in [0.2, 0.25) is 0 Å². The van der Waals surface area contributed by atoms with Gasteiger partial charge < -0.3 is 20.1 Å². The van der Waals surface area contributed by atoms with Crippen LogP contribution in [-0.2, 0) is 4.79 Å². The van der Waals surface area contributed by atoms with Gasteiger partial charge in [0.05, 0.1) is 18.7 Å². The highest BCUT2D eigenvalue weighted by Crippen LogP contribution is 2.23. The Hall–Kier alpha value is -4.58. The van der Waals surface area contributed by atoms with Gasteiger partial charge in [-0.2, -0.15) is 0 Å². The van der Waals surface area contributed by atoms with Crippen molar-refractivity contribution in [1.82, 2.24) is 5.32 Å². The predicted octanol–water partition coefficient (Wildman–Crippen LogP) is 5.23. The second-order valence-electron chi connectivity index (χ2n) is 7.79. The lowest BCUT2D eigenvalue weighted by molar-refractivity contribution is -0.123. The molecule has 4 aromatic rings. The van der Waals surface area contributed by atoms with Crippen LogP contribution in [0.15, 0.2) is 109 Å². The Kier molecular flexibility index (Phi) is 7.76. The Balaban J connectivity index is 1.35. The summed E-state index contributed by atoms with van der Waals surface area (Å²) in [5, 5.41) is 5.89. The van der Waals surface area contributed by atoms with Gasteiger partial charge in [-0.1, -0.05) is 72.8 Å². The Morgan fingerprint density at radius 1 is 0.743 bits per heavy atom. The normalized spacial score (nSPS) is 10.5. The molecule has 0 saturated heterocycles. The van der Waals surface area contributed by atoms with Gasteiger partial charge in [0.25, 0.3) is 11.8 Å². The molecular weight excluding hydrogens is 440 g/mol. The van der Waals surface area contributed by atoms with E-state index in [1.165, 1.54) is 7.11 Å². The molecule has 176 valence electrons. The van der Waals surface area contributed by atoms with E-state index in [4.69, 9.17) is 9.47 Å². The van der Waals surface area contributed by atoms with Crippen LogP contribution in [0.4, 0.5) is 5.69 Å². The average molecular weight is 467 g/mol. The number of carbonyl (C=O) groups excluding carboxylic acids is 2. The van der Waals surface area contributed by atoms with Crippen molar-refractivity contribution in [3.63, 3.8) is 0 Å². The summed E-state index contributed by atoms with van der Waals surface area (Å²) in [6.07, 6.45) is 0. The summed E-state index contributed by atoms with van der Waals surface area (Å²) in [6, 6.07) is 33.2. The monoisotopic (exact) mass is 466 g/mol. The third-order valence-corrected chi connectivity index (χ3v) is 5.40. The zero-order valence-electron chi connectivity index (χ0n) is 19.3. The molecular formula is C29H26N2O4. The number of benzene rings is 4.